The lowest BCUT2D eigenvalue weighted by Gasteiger charge is -2.19. The normalized spacial score (nSPS) is 11.1. The zero-order valence-electron chi connectivity index (χ0n) is 9.17. The first-order valence-electron chi connectivity index (χ1n) is 4.59. The quantitative estimate of drug-likeness (QED) is 0.839. The van der Waals surface area contributed by atoms with Crippen molar-refractivity contribution in [1.82, 2.24) is 4.98 Å². The van der Waals surface area contributed by atoms with E-state index in [0.29, 0.717) is 5.02 Å². The number of carbonyl (C=O) groups excluding carboxylic acids is 1. The van der Waals surface area contributed by atoms with Crippen LogP contribution in [0, 0.1) is 0 Å². The van der Waals surface area contributed by atoms with Crippen LogP contribution in [-0.4, -0.2) is 16.7 Å². The molecule has 1 amide bonds. The highest BCUT2D eigenvalue weighted by atomic mass is 35.5. The molecule has 0 aromatic carbocycles. The largest absolute Gasteiger partial charge is 0.444 e. The maximum absolute atomic E-state index is 11.4. The number of amides is 1. The van der Waals surface area contributed by atoms with Gasteiger partial charge in [-0.1, -0.05) is 23.2 Å². The van der Waals surface area contributed by atoms with Gasteiger partial charge in [0.25, 0.3) is 0 Å². The van der Waals surface area contributed by atoms with E-state index in [1.807, 2.05) is 0 Å². The topological polar surface area (TPSA) is 51.2 Å². The molecule has 0 fully saturated rings. The number of nitrogens with one attached hydrogen (secondary N) is 1. The standard InChI is InChI=1S/C10H12Cl2N2O2/c1-10(2,3)16-9(15)14-8-7(12)6(11)4-5-13-8/h4-5H,1-3H3,(H,13,14,15). The van der Waals surface area contributed by atoms with Crippen molar-refractivity contribution in [1.29, 1.82) is 0 Å². The molecule has 1 heterocycles. The molecule has 88 valence electrons. The maximum Gasteiger partial charge on any atom is 0.413 e. The highest BCUT2D eigenvalue weighted by molar-refractivity contribution is 6.43. The Morgan fingerprint density at radius 2 is 2.06 bits per heavy atom. The van der Waals surface area contributed by atoms with E-state index in [2.05, 4.69) is 10.3 Å². The second-order valence-corrected chi connectivity index (χ2v) is 4.87. The summed E-state index contributed by atoms with van der Waals surface area (Å²) in [4.78, 5) is 15.3. The first-order chi connectivity index (χ1) is 7.29. The molecule has 0 atom stereocenters. The van der Waals surface area contributed by atoms with Crippen molar-refractivity contribution >= 4 is 35.1 Å². The molecule has 1 aromatic heterocycles. The summed E-state index contributed by atoms with van der Waals surface area (Å²) in [5.74, 6) is 0.184. The predicted octanol–water partition coefficient (Wildman–Crippen LogP) is 3.74. The van der Waals surface area contributed by atoms with Gasteiger partial charge >= 0.3 is 6.09 Å². The van der Waals surface area contributed by atoms with Crippen LogP contribution in [0.5, 0.6) is 0 Å². The van der Waals surface area contributed by atoms with Crippen molar-refractivity contribution in [2.24, 2.45) is 0 Å². The number of pyridine rings is 1. The van der Waals surface area contributed by atoms with Crippen molar-refractivity contribution < 1.29 is 9.53 Å². The number of carbonyl (C=O) groups is 1. The van der Waals surface area contributed by atoms with Crippen LogP contribution in [0.25, 0.3) is 0 Å². The van der Waals surface area contributed by atoms with Gasteiger partial charge in [-0.3, -0.25) is 5.32 Å². The molecule has 1 rings (SSSR count). The van der Waals surface area contributed by atoms with E-state index in [4.69, 9.17) is 27.9 Å². The minimum atomic E-state index is -0.621. The number of ether oxygens (including phenoxy) is 1. The Morgan fingerprint density at radius 1 is 1.44 bits per heavy atom. The third-order valence-corrected chi connectivity index (χ3v) is 2.26. The summed E-state index contributed by atoms with van der Waals surface area (Å²) < 4.78 is 5.04. The van der Waals surface area contributed by atoms with Gasteiger partial charge in [0.2, 0.25) is 0 Å². The molecular weight excluding hydrogens is 251 g/mol. The first kappa shape index (κ1) is 13.1. The molecule has 4 nitrogen and oxygen atoms in total. The van der Waals surface area contributed by atoms with Crippen LogP contribution >= 0.6 is 23.2 Å². The van der Waals surface area contributed by atoms with Crippen molar-refractivity contribution in [2.75, 3.05) is 5.32 Å². The van der Waals surface area contributed by atoms with Crippen molar-refractivity contribution in [3.8, 4) is 0 Å². The molecule has 0 unspecified atom stereocenters. The van der Waals surface area contributed by atoms with Gasteiger partial charge in [-0.05, 0) is 26.8 Å². The van der Waals surface area contributed by atoms with Gasteiger partial charge in [-0.25, -0.2) is 9.78 Å². The second-order valence-electron chi connectivity index (χ2n) is 4.08. The summed E-state index contributed by atoms with van der Waals surface area (Å²) in [5.41, 5.74) is -0.574. The predicted molar refractivity (Wildman–Crippen MR) is 64.1 cm³/mol. The lowest BCUT2D eigenvalue weighted by atomic mass is 10.2. The van der Waals surface area contributed by atoms with Crippen molar-refractivity contribution in [3.05, 3.63) is 22.3 Å². The van der Waals surface area contributed by atoms with Crippen molar-refractivity contribution in [2.45, 2.75) is 26.4 Å². The van der Waals surface area contributed by atoms with Gasteiger partial charge in [0.15, 0.2) is 5.82 Å². The van der Waals surface area contributed by atoms with Crippen LogP contribution in [0.1, 0.15) is 20.8 Å². The van der Waals surface area contributed by atoms with Gasteiger partial charge in [0, 0.05) is 6.20 Å². The average molecular weight is 263 g/mol. The Morgan fingerprint density at radius 3 is 2.62 bits per heavy atom. The van der Waals surface area contributed by atoms with E-state index >= 15 is 0 Å². The Hall–Kier alpha value is -1.000. The molecule has 0 saturated heterocycles. The summed E-state index contributed by atoms with van der Waals surface area (Å²) >= 11 is 11.6. The lowest BCUT2D eigenvalue weighted by molar-refractivity contribution is 0.0635. The Bertz CT molecular complexity index is 402. The summed E-state index contributed by atoms with van der Waals surface area (Å²) in [7, 11) is 0. The minimum Gasteiger partial charge on any atom is -0.444 e. The van der Waals surface area contributed by atoms with Crippen LogP contribution in [-0.2, 0) is 4.74 Å². The molecule has 0 saturated carbocycles. The fourth-order valence-corrected chi connectivity index (χ4v) is 1.21. The van der Waals surface area contributed by atoms with E-state index < -0.39 is 11.7 Å². The van der Waals surface area contributed by atoms with Crippen LogP contribution in [0.2, 0.25) is 10.0 Å². The molecule has 0 radical (unpaired) electrons. The third kappa shape index (κ3) is 3.87. The van der Waals surface area contributed by atoms with Gasteiger partial charge in [-0.15, -0.1) is 0 Å². The van der Waals surface area contributed by atoms with Crippen LogP contribution < -0.4 is 5.32 Å². The van der Waals surface area contributed by atoms with Gasteiger partial charge in [-0.2, -0.15) is 0 Å². The zero-order chi connectivity index (χ0) is 12.3. The molecule has 0 aliphatic rings. The Balaban J connectivity index is 2.74. The lowest BCUT2D eigenvalue weighted by Crippen LogP contribution is -2.27. The van der Waals surface area contributed by atoms with E-state index in [9.17, 15) is 4.79 Å². The maximum atomic E-state index is 11.4. The number of halogens is 2. The fraction of sp³-hybridized carbons (Fsp3) is 0.400. The number of anilines is 1. The molecule has 6 heteroatoms. The molecule has 0 aliphatic carbocycles. The van der Waals surface area contributed by atoms with Gasteiger partial charge in [0.1, 0.15) is 10.6 Å². The molecule has 1 N–H and O–H groups in total. The molecule has 0 bridgehead atoms. The van der Waals surface area contributed by atoms with E-state index in [-0.39, 0.29) is 10.8 Å². The molecule has 1 aromatic rings. The summed E-state index contributed by atoms with van der Waals surface area (Å²) in [5, 5.41) is 2.93. The van der Waals surface area contributed by atoms with Crippen LogP contribution in [0.4, 0.5) is 10.6 Å². The van der Waals surface area contributed by atoms with E-state index in [1.165, 1.54) is 12.3 Å². The zero-order valence-corrected chi connectivity index (χ0v) is 10.7. The Labute approximate surface area is 104 Å². The smallest absolute Gasteiger partial charge is 0.413 e. The first-order valence-corrected chi connectivity index (χ1v) is 5.35. The molecular formula is C10H12Cl2N2O2. The summed E-state index contributed by atoms with van der Waals surface area (Å²) in [6, 6.07) is 1.53. The van der Waals surface area contributed by atoms with Crippen LogP contribution in [0.3, 0.4) is 0 Å². The molecule has 16 heavy (non-hydrogen) atoms. The van der Waals surface area contributed by atoms with Gasteiger partial charge < -0.3 is 4.74 Å². The monoisotopic (exact) mass is 262 g/mol. The number of rotatable bonds is 1. The number of hydrogen-bond donors (Lipinski definition) is 1. The second kappa shape index (κ2) is 4.89. The van der Waals surface area contributed by atoms with E-state index in [1.54, 1.807) is 20.8 Å². The van der Waals surface area contributed by atoms with Crippen molar-refractivity contribution in [3.63, 3.8) is 0 Å². The number of aromatic nitrogens is 1. The number of nitrogens with zero attached hydrogens (tertiary/aromatic N) is 1. The SMILES string of the molecule is CC(C)(C)OC(=O)Nc1nccc(Cl)c1Cl. The molecule has 0 aliphatic heterocycles. The summed E-state index contributed by atoms with van der Waals surface area (Å²) in [6.45, 7) is 5.29. The number of hydrogen-bond acceptors (Lipinski definition) is 3. The highest BCUT2D eigenvalue weighted by Crippen LogP contribution is 2.27. The highest BCUT2D eigenvalue weighted by Gasteiger charge is 2.17. The Kier molecular flexibility index (Phi) is 3.99. The fourth-order valence-electron chi connectivity index (χ4n) is 0.908. The average Bonchev–Trinajstić information content (AvgIpc) is 2.09. The minimum absolute atomic E-state index is 0.184. The van der Waals surface area contributed by atoms with E-state index in [0.717, 1.165) is 0 Å². The summed E-state index contributed by atoms with van der Waals surface area (Å²) in [6.07, 6.45) is 0.824. The third-order valence-electron chi connectivity index (χ3n) is 1.46. The van der Waals surface area contributed by atoms with Gasteiger partial charge in [0.05, 0.1) is 5.02 Å². The molecule has 0 spiro atoms. The van der Waals surface area contributed by atoms with Crippen LogP contribution in [0.15, 0.2) is 12.3 Å².